The van der Waals surface area contributed by atoms with Crippen molar-refractivity contribution in [3.05, 3.63) is 22.8 Å². The molecule has 1 heterocycles. The molecule has 1 fully saturated rings. The Morgan fingerprint density at radius 3 is 2.81 bits per heavy atom. The zero-order valence-corrected chi connectivity index (χ0v) is 13.2. The standard InChI is InChI=1S/C19H26O2/c1-3-4-8-19(2)9-7-14-11-15(20)16-12-5-6-13(10-12)17(16)18(14)21-19/h11-13,20H,3-10H2,1-2H3. The van der Waals surface area contributed by atoms with Crippen molar-refractivity contribution in [2.45, 2.75) is 82.7 Å². The lowest BCUT2D eigenvalue weighted by Gasteiger charge is -2.38. The first-order valence-electron chi connectivity index (χ1n) is 8.69. The van der Waals surface area contributed by atoms with Crippen LogP contribution in [0.25, 0.3) is 0 Å². The molecule has 4 rings (SSSR count). The lowest BCUT2D eigenvalue weighted by atomic mass is 9.83. The molecule has 0 radical (unpaired) electrons. The van der Waals surface area contributed by atoms with Crippen molar-refractivity contribution in [3.63, 3.8) is 0 Å². The van der Waals surface area contributed by atoms with Crippen LogP contribution in [0, 0.1) is 0 Å². The van der Waals surface area contributed by atoms with Crippen LogP contribution in [0.4, 0.5) is 0 Å². The van der Waals surface area contributed by atoms with Gasteiger partial charge < -0.3 is 9.84 Å². The number of rotatable bonds is 3. The van der Waals surface area contributed by atoms with E-state index in [1.165, 1.54) is 48.8 Å². The van der Waals surface area contributed by atoms with Gasteiger partial charge in [0.15, 0.2) is 0 Å². The summed E-state index contributed by atoms with van der Waals surface area (Å²) in [6.07, 6.45) is 9.49. The monoisotopic (exact) mass is 286 g/mol. The molecule has 3 unspecified atom stereocenters. The third kappa shape index (κ3) is 1.98. The molecule has 0 aromatic heterocycles. The van der Waals surface area contributed by atoms with E-state index in [4.69, 9.17) is 4.74 Å². The zero-order valence-electron chi connectivity index (χ0n) is 13.2. The van der Waals surface area contributed by atoms with Gasteiger partial charge in [0.1, 0.15) is 17.1 Å². The van der Waals surface area contributed by atoms with Crippen molar-refractivity contribution in [1.82, 2.24) is 0 Å². The number of aromatic hydroxyl groups is 1. The van der Waals surface area contributed by atoms with Gasteiger partial charge in [-0.15, -0.1) is 0 Å². The smallest absolute Gasteiger partial charge is 0.127 e. The third-order valence-electron chi connectivity index (χ3n) is 5.99. The number of ether oxygens (including phenoxy) is 1. The van der Waals surface area contributed by atoms with Gasteiger partial charge in [0, 0.05) is 11.1 Å². The average Bonchev–Trinajstić information content (AvgIpc) is 3.08. The Morgan fingerprint density at radius 2 is 2.05 bits per heavy atom. The zero-order chi connectivity index (χ0) is 14.6. The number of fused-ring (bicyclic) bond motifs is 7. The molecule has 1 aromatic rings. The van der Waals surface area contributed by atoms with Gasteiger partial charge in [-0.2, -0.15) is 0 Å². The molecular formula is C19H26O2. The first-order chi connectivity index (χ1) is 10.1. The molecule has 1 N–H and O–H groups in total. The summed E-state index contributed by atoms with van der Waals surface area (Å²) < 4.78 is 6.56. The summed E-state index contributed by atoms with van der Waals surface area (Å²) in [6.45, 7) is 4.52. The normalized spacial score (nSPS) is 32.7. The predicted molar refractivity (Wildman–Crippen MR) is 84.3 cm³/mol. The summed E-state index contributed by atoms with van der Waals surface area (Å²) in [5.74, 6) is 2.92. The minimum absolute atomic E-state index is 0.00438. The summed E-state index contributed by atoms with van der Waals surface area (Å²) in [6, 6.07) is 1.99. The molecule has 0 spiro atoms. The van der Waals surface area contributed by atoms with Crippen molar-refractivity contribution in [2.24, 2.45) is 0 Å². The topological polar surface area (TPSA) is 29.5 Å². The number of hydrogen-bond donors (Lipinski definition) is 1. The lowest BCUT2D eigenvalue weighted by Crippen LogP contribution is -2.37. The van der Waals surface area contributed by atoms with Crippen LogP contribution in [0.2, 0.25) is 0 Å². The van der Waals surface area contributed by atoms with E-state index in [1.54, 1.807) is 0 Å². The van der Waals surface area contributed by atoms with Crippen LogP contribution < -0.4 is 4.74 Å². The first-order valence-corrected chi connectivity index (χ1v) is 8.69. The van der Waals surface area contributed by atoms with Gasteiger partial charge in [0.25, 0.3) is 0 Å². The Hall–Kier alpha value is -1.18. The Bertz CT molecular complexity index is 577. The van der Waals surface area contributed by atoms with Crippen LogP contribution in [-0.2, 0) is 6.42 Å². The molecule has 3 atom stereocenters. The maximum atomic E-state index is 10.4. The molecule has 114 valence electrons. The number of phenolic OH excluding ortho intramolecular Hbond substituents is 1. The van der Waals surface area contributed by atoms with E-state index in [0.717, 1.165) is 25.0 Å². The van der Waals surface area contributed by atoms with Gasteiger partial charge in [-0.3, -0.25) is 0 Å². The average molecular weight is 286 g/mol. The van der Waals surface area contributed by atoms with Gasteiger partial charge >= 0.3 is 0 Å². The predicted octanol–water partition coefficient (Wildman–Crippen LogP) is 5.03. The van der Waals surface area contributed by atoms with Crippen LogP contribution in [-0.4, -0.2) is 10.7 Å². The van der Waals surface area contributed by atoms with Crippen LogP contribution in [0.5, 0.6) is 11.5 Å². The SMILES string of the molecule is CCCCC1(C)CCc2cc(O)c3c(c2O1)C1CCC3C1. The summed E-state index contributed by atoms with van der Waals surface area (Å²) in [5, 5.41) is 10.4. The van der Waals surface area contributed by atoms with Crippen molar-refractivity contribution in [3.8, 4) is 11.5 Å². The van der Waals surface area contributed by atoms with Gasteiger partial charge in [0.05, 0.1) is 0 Å². The maximum Gasteiger partial charge on any atom is 0.127 e. The summed E-state index contributed by atoms with van der Waals surface area (Å²) >= 11 is 0. The molecule has 2 bridgehead atoms. The van der Waals surface area contributed by atoms with E-state index in [9.17, 15) is 5.11 Å². The fourth-order valence-electron chi connectivity index (χ4n) is 4.81. The maximum absolute atomic E-state index is 10.4. The molecule has 3 aliphatic rings. The number of phenols is 1. The van der Waals surface area contributed by atoms with E-state index in [1.807, 2.05) is 6.07 Å². The molecule has 1 aliphatic heterocycles. The highest BCUT2D eigenvalue weighted by molar-refractivity contribution is 5.60. The van der Waals surface area contributed by atoms with Crippen molar-refractivity contribution in [2.75, 3.05) is 0 Å². The van der Waals surface area contributed by atoms with Gasteiger partial charge in [-0.25, -0.2) is 0 Å². The Morgan fingerprint density at radius 1 is 1.29 bits per heavy atom. The molecule has 1 saturated carbocycles. The molecule has 1 aromatic carbocycles. The van der Waals surface area contributed by atoms with Gasteiger partial charge in [-0.1, -0.05) is 13.3 Å². The number of hydrogen-bond acceptors (Lipinski definition) is 2. The molecular weight excluding hydrogens is 260 g/mol. The van der Waals surface area contributed by atoms with E-state index >= 15 is 0 Å². The second kappa shape index (κ2) is 4.66. The summed E-state index contributed by atoms with van der Waals surface area (Å²) in [4.78, 5) is 0. The second-order valence-electron chi connectivity index (χ2n) is 7.57. The van der Waals surface area contributed by atoms with E-state index in [2.05, 4.69) is 13.8 Å². The summed E-state index contributed by atoms with van der Waals surface area (Å²) in [5.41, 5.74) is 3.84. The van der Waals surface area contributed by atoms with Crippen LogP contribution in [0.1, 0.15) is 87.3 Å². The molecule has 2 heteroatoms. The van der Waals surface area contributed by atoms with Gasteiger partial charge in [0.2, 0.25) is 0 Å². The number of unbranched alkanes of at least 4 members (excludes halogenated alkanes) is 1. The molecule has 2 aliphatic carbocycles. The highest BCUT2D eigenvalue weighted by atomic mass is 16.5. The third-order valence-corrected chi connectivity index (χ3v) is 5.99. The van der Waals surface area contributed by atoms with E-state index < -0.39 is 0 Å². The fourth-order valence-corrected chi connectivity index (χ4v) is 4.81. The molecule has 2 nitrogen and oxygen atoms in total. The second-order valence-corrected chi connectivity index (χ2v) is 7.57. The quantitative estimate of drug-likeness (QED) is 0.844. The van der Waals surface area contributed by atoms with Crippen molar-refractivity contribution < 1.29 is 9.84 Å². The van der Waals surface area contributed by atoms with E-state index in [0.29, 0.717) is 17.6 Å². The Balaban J connectivity index is 1.75. The van der Waals surface area contributed by atoms with Crippen LogP contribution >= 0.6 is 0 Å². The lowest BCUT2D eigenvalue weighted by molar-refractivity contribution is 0.0522. The molecule has 21 heavy (non-hydrogen) atoms. The van der Waals surface area contributed by atoms with Crippen LogP contribution in [0.15, 0.2) is 6.07 Å². The Kier molecular flexibility index (Phi) is 2.99. The minimum Gasteiger partial charge on any atom is -0.508 e. The highest BCUT2D eigenvalue weighted by Gasteiger charge is 2.44. The first kappa shape index (κ1) is 13.5. The molecule has 0 amide bonds. The van der Waals surface area contributed by atoms with Crippen molar-refractivity contribution >= 4 is 0 Å². The van der Waals surface area contributed by atoms with Crippen molar-refractivity contribution in [1.29, 1.82) is 0 Å². The van der Waals surface area contributed by atoms with E-state index in [-0.39, 0.29) is 5.60 Å². The summed E-state index contributed by atoms with van der Waals surface area (Å²) in [7, 11) is 0. The largest absolute Gasteiger partial charge is 0.508 e. The fraction of sp³-hybridized carbons (Fsp3) is 0.684. The van der Waals surface area contributed by atoms with Gasteiger partial charge in [-0.05, 0) is 75.3 Å². The molecule has 0 saturated heterocycles. The minimum atomic E-state index is -0.00438. The number of aryl methyl sites for hydroxylation is 1. The number of benzene rings is 1. The Labute approximate surface area is 127 Å². The highest BCUT2D eigenvalue weighted by Crippen LogP contribution is 2.60. The van der Waals surface area contributed by atoms with Crippen LogP contribution in [0.3, 0.4) is 0 Å².